The summed E-state index contributed by atoms with van der Waals surface area (Å²) in [5.41, 5.74) is 7.92. The van der Waals surface area contributed by atoms with Gasteiger partial charge in [-0.1, -0.05) is 78.9 Å². The monoisotopic (exact) mass is 469 g/mol. The number of nitrogens with one attached hydrogen (secondary N) is 2. The highest BCUT2D eigenvalue weighted by molar-refractivity contribution is 5.91. The molecule has 4 aromatic rings. The summed E-state index contributed by atoms with van der Waals surface area (Å²) in [5.74, 6) is -0.135. The first kappa shape index (κ1) is 23.6. The molecule has 35 heavy (non-hydrogen) atoms. The molecule has 0 aliphatic carbocycles. The summed E-state index contributed by atoms with van der Waals surface area (Å²) in [6.45, 7) is 0.781. The van der Waals surface area contributed by atoms with Gasteiger partial charge in [-0.25, -0.2) is 4.79 Å². The molecule has 1 heterocycles. The minimum Gasteiger partial charge on any atom is -0.383 e. The summed E-state index contributed by atoms with van der Waals surface area (Å²) in [6.07, 6.45) is 0.123. The van der Waals surface area contributed by atoms with Gasteiger partial charge >= 0.3 is 5.69 Å². The molecule has 0 bridgehead atoms. The molecule has 4 N–H and O–H groups in total. The van der Waals surface area contributed by atoms with Gasteiger partial charge in [0.1, 0.15) is 11.5 Å². The van der Waals surface area contributed by atoms with Crippen LogP contribution < -0.4 is 27.2 Å². The number of H-pyrrole nitrogens is 1. The van der Waals surface area contributed by atoms with Gasteiger partial charge in [0.05, 0.1) is 6.54 Å². The van der Waals surface area contributed by atoms with E-state index in [-0.39, 0.29) is 36.9 Å². The predicted octanol–water partition coefficient (Wildman–Crippen LogP) is 3.20. The number of benzene rings is 3. The molecule has 0 aliphatic rings. The van der Waals surface area contributed by atoms with Gasteiger partial charge in [-0.15, -0.1) is 0 Å². The van der Waals surface area contributed by atoms with Crippen molar-refractivity contribution >= 4 is 23.1 Å². The van der Waals surface area contributed by atoms with Gasteiger partial charge in [-0.05, 0) is 23.3 Å². The third kappa shape index (κ3) is 6.05. The number of nitrogens with zero attached hydrogens (tertiary/aromatic N) is 2. The Morgan fingerprint density at radius 3 is 2.06 bits per heavy atom. The van der Waals surface area contributed by atoms with E-state index in [0.717, 1.165) is 11.1 Å². The minimum atomic E-state index is -0.587. The molecule has 0 fully saturated rings. The number of carbonyl (C=O) groups excluding carboxylic acids is 1. The largest absolute Gasteiger partial charge is 0.383 e. The molecule has 0 saturated carbocycles. The van der Waals surface area contributed by atoms with E-state index in [1.165, 1.54) is 4.57 Å². The number of nitrogen functional groups attached to an aromatic ring is 1. The fourth-order valence-corrected chi connectivity index (χ4v) is 3.86. The Morgan fingerprint density at radius 2 is 1.43 bits per heavy atom. The van der Waals surface area contributed by atoms with Gasteiger partial charge < -0.3 is 16.0 Å². The zero-order valence-electron chi connectivity index (χ0n) is 19.2. The van der Waals surface area contributed by atoms with Gasteiger partial charge in [0.25, 0.3) is 5.56 Å². The number of aromatic nitrogens is 2. The third-order valence-electron chi connectivity index (χ3n) is 5.60. The van der Waals surface area contributed by atoms with Gasteiger partial charge in [-0.2, -0.15) is 0 Å². The Kier molecular flexibility index (Phi) is 7.42. The summed E-state index contributed by atoms with van der Waals surface area (Å²) >= 11 is 0. The van der Waals surface area contributed by atoms with E-state index in [9.17, 15) is 14.4 Å². The van der Waals surface area contributed by atoms with Crippen molar-refractivity contribution in [2.24, 2.45) is 0 Å². The second kappa shape index (κ2) is 11.0. The fraction of sp³-hybridized carbons (Fsp3) is 0.148. The number of anilines is 3. The van der Waals surface area contributed by atoms with Crippen LogP contribution in [0, 0.1) is 0 Å². The molecule has 0 saturated heterocycles. The lowest BCUT2D eigenvalue weighted by Crippen LogP contribution is -2.39. The van der Waals surface area contributed by atoms with Crippen LogP contribution in [0.1, 0.15) is 17.5 Å². The maximum absolute atomic E-state index is 12.9. The number of hydrogen-bond acceptors (Lipinski definition) is 5. The van der Waals surface area contributed by atoms with Crippen molar-refractivity contribution in [1.29, 1.82) is 0 Å². The van der Waals surface area contributed by atoms with Crippen LogP contribution in [0.4, 0.5) is 17.2 Å². The standard InChI is InChI=1S/C27H27N5O3/c28-25-24(26(34)30-27(35)32(25)19-21-12-6-2-7-13-21)31(18-20-10-4-1-5-11-20)17-16-23(33)29-22-14-8-3-9-15-22/h1-15H,16-19,28H2,(H,29,33)(H,30,34,35). The highest BCUT2D eigenvalue weighted by Gasteiger charge is 2.20. The summed E-state index contributed by atoms with van der Waals surface area (Å²) in [7, 11) is 0. The molecular weight excluding hydrogens is 442 g/mol. The molecule has 1 amide bonds. The summed E-state index contributed by atoms with van der Waals surface area (Å²) < 4.78 is 1.34. The number of hydrogen-bond donors (Lipinski definition) is 3. The molecule has 178 valence electrons. The summed E-state index contributed by atoms with van der Waals surface area (Å²) in [6, 6.07) is 28.1. The summed E-state index contributed by atoms with van der Waals surface area (Å²) in [5, 5.41) is 2.86. The number of aromatic amines is 1. The predicted molar refractivity (Wildman–Crippen MR) is 138 cm³/mol. The van der Waals surface area contributed by atoms with E-state index in [2.05, 4.69) is 10.3 Å². The molecule has 8 heteroatoms. The topological polar surface area (TPSA) is 113 Å². The van der Waals surface area contributed by atoms with Crippen LogP contribution in [0.15, 0.2) is 101 Å². The minimum absolute atomic E-state index is 0.0574. The van der Waals surface area contributed by atoms with Crippen LogP contribution >= 0.6 is 0 Å². The molecule has 3 aromatic carbocycles. The molecule has 0 unspecified atom stereocenters. The number of carbonyl (C=O) groups is 1. The maximum Gasteiger partial charge on any atom is 0.330 e. The number of nitrogens with two attached hydrogens (primary N) is 1. The highest BCUT2D eigenvalue weighted by Crippen LogP contribution is 2.21. The second-order valence-corrected chi connectivity index (χ2v) is 8.14. The van der Waals surface area contributed by atoms with Crippen molar-refractivity contribution in [1.82, 2.24) is 9.55 Å². The maximum atomic E-state index is 12.9. The van der Waals surface area contributed by atoms with Crippen LogP contribution in [-0.4, -0.2) is 22.0 Å². The van der Waals surface area contributed by atoms with Crippen LogP contribution in [0.2, 0.25) is 0 Å². The molecule has 0 radical (unpaired) electrons. The van der Waals surface area contributed by atoms with Gasteiger partial charge in [0, 0.05) is 25.2 Å². The Labute approximate surface area is 202 Å². The van der Waals surface area contributed by atoms with Crippen LogP contribution in [0.3, 0.4) is 0 Å². The van der Waals surface area contributed by atoms with Crippen molar-refractivity contribution in [2.45, 2.75) is 19.5 Å². The van der Waals surface area contributed by atoms with E-state index in [4.69, 9.17) is 5.73 Å². The molecule has 1 aromatic heterocycles. The van der Waals surface area contributed by atoms with Gasteiger partial charge in [0.15, 0.2) is 0 Å². The highest BCUT2D eigenvalue weighted by atomic mass is 16.2. The normalized spacial score (nSPS) is 10.6. The number of para-hydroxylation sites is 1. The quantitative estimate of drug-likeness (QED) is 0.348. The Balaban J connectivity index is 1.64. The average Bonchev–Trinajstić information content (AvgIpc) is 2.87. The van der Waals surface area contributed by atoms with Crippen LogP contribution in [-0.2, 0) is 17.9 Å². The van der Waals surface area contributed by atoms with Crippen molar-refractivity contribution < 1.29 is 4.79 Å². The van der Waals surface area contributed by atoms with E-state index >= 15 is 0 Å². The number of rotatable bonds is 9. The lowest BCUT2D eigenvalue weighted by Gasteiger charge is -2.26. The van der Waals surface area contributed by atoms with Crippen molar-refractivity contribution in [3.05, 3.63) is 123 Å². The first-order valence-corrected chi connectivity index (χ1v) is 11.3. The van der Waals surface area contributed by atoms with Crippen molar-refractivity contribution in [3.8, 4) is 0 Å². The van der Waals surface area contributed by atoms with Gasteiger partial charge in [-0.3, -0.25) is 19.1 Å². The van der Waals surface area contributed by atoms with Crippen LogP contribution in [0.5, 0.6) is 0 Å². The van der Waals surface area contributed by atoms with Crippen molar-refractivity contribution in [3.63, 3.8) is 0 Å². The van der Waals surface area contributed by atoms with E-state index < -0.39 is 11.2 Å². The molecule has 0 spiro atoms. The lowest BCUT2D eigenvalue weighted by atomic mass is 10.2. The Bertz CT molecular complexity index is 1380. The SMILES string of the molecule is Nc1c(N(CCC(=O)Nc2ccccc2)Cc2ccccc2)c(=O)[nH]c(=O)n1Cc1ccccc1. The van der Waals surface area contributed by atoms with Crippen LogP contribution in [0.25, 0.3) is 0 Å². The lowest BCUT2D eigenvalue weighted by molar-refractivity contribution is -0.116. The Hall–Kier alpha value is -4.59. The molecule has 8 nitrogen and oxygen atoms in total. The first-order valence-electron chi connectivity index (χ1n) is 11.3. The average molecular weight is 470 g/mol. The first-order chi connectivity index (χ1) is 17.0. The van der Waals surface area contributed by atoms with Gasteiger partial charge in [0.2, 0.25) is 5.91 Å². The van der Waals surface area contributed by atoms with Crippen molar-refractivity contribution in [2.75, 3.05) is 22.5 Å². The van der Waals surface area contributed by atoms with E-state index in [1.807, 2.05) is 91.0 Å². The third-order valence-corrected chi connectivity index (χ3v) is 5.60. The molecular formula is C27H27N5O3. The molecule has 0 atom stereocenters. The van der Waals surface area contributed by atoms with E-state index in [0.29, 0.717) is 12.2 Å². The fourth-order valence-electron chi connectivity index (χ4n) is 3.86. The summed E-state index contributed by atoms with van der Waals surface area (Å²) in [4.78, 5) is 42.3. The Morgan fingerprint density at radius 1 is 0.857 bits per heavy atom. The molecule has 4 rings (SSSR count). The number of amides is 1. The zero-order chi connectivity index (χ0) is 24.6. The van der Waals surface area contributed by atoms with E-state index in [1.54, 1.807) is 4.90 Å². The molecule has 0 aliphatic heterocycles. The second-order valence-electron chi connectivity index (χ2n) is 8.14. The smallest absolute Gasteiger partial charge is 0.330 e. The zero-order valence-corrected chi connectivity index (χ0v) is 19.2.